The van der Waals surface area contributed by atoms with Crippen molar-refractivity contribution in [1.29, 1.82) is 0 Å². The van der Waals surface area contributed by atoms with Gasteiger partial charge in [-0.15, -0.1) is 0 Å². The van der Waals surface area contributed by atoms with E-state index in [9.17, 15) is 34.5 Å². The molecule has 3 atom stereocenters. The van der Waals surface area contributed by atoms with Crippen LogP contribution >= 0.6 is 0 Å². The van der Waals surface area contributed by atoms with Gasteiger partial charge in [-0.05, 0) is 0 Å². The second-order valence-electron chi connectivity index (χ2n) is 5.75. The smallest absolute Gasteiger partial charge is 0.251 e. The van der Waals surface area contributed by atoms with Gasteiger partial charge in [-0.3, -0.25) is 19.2 Å². The molecule has 4 amide bonds. The van der Waals surface area contributed by atoms with E-state index >= 15 is 0 Å². The van der Waals surface area contributed by atoms with Crippen LogP contribution in [0.25, 0.3) is 0 Å². The maximum atomic E-state index is 11.7. The second-order valence-corrected chi connectivity index (χ2v) is 5.75. The van der Waals surface area contributed by atoms with Gasteiger partial charge in [0.25, 0.3) is 5.91 Å². The number of amides is 4. The molecule has 0 aromatic rings. The Morgan fingerprint density at radius 1 is 0.677 bits per heavy atom. The van der Waals surface area contributed by atoms with Gasteiger partial charge in [-0.1, -0.05) is 27.7 Å². The Morgan fingerprint density at radius 3 is 1.42 bits per heavy atom. The Balaban J connectivity index is -0.00000184. The molecule has 0 spiro atoms. The first-order valence-electron chi connectivity index (χ1n) is 10.3. The molecule has 0 saturated carbocycles. The molecule has 0 aromatic carbocycles. The molecule has 0 rings (SSSR count). The number of aliphatic hydroxyl groups is 4. The standard InChI is InChI=1S/C16H30N4O7.C2H6.CH4O/c1-3-12(23)17-5-7-19-15(26)11(22)9-10(21)14(25)16(27)20-8-6-18-13(24)4-2;2*1-2/h10-11,14,21-22,25H,3-9H2,1-2H3,(H,17,23)(H,18,24)(H,19,26)(H,20,27);1-2H3;2H,1H3. The van der Waals surface area contributed by atoms with E-state index in [1.807, 2.05) is 13.8 Å². The molecule has 0 radical (unpaired) electrons. The monoisotopic (exact) mass is 452 g/mol. The van der Waals surface area contributed by atoms with Gasteiger partial charge in [0.2, 0.25) is 17.7 Å². The molecule has 184 valence electrons. The molecular formula is C19H40N4O8. The molecule has 12 nitrogen and oxygen atoms in total. The van der Waals surface area contributed by atoms with Crippen LogP contribution in [0.3, 0.4) is 0 Å². The third-order valence-electron chi connectivity index (χ3n) is 3.54. The summed E-state index contributed by atoms with van der Waals surface area (Å²) in [4.78, 5) is 45.4. The molecule has 0 aliphatic carbocycles. The van der Waals surface area contributed by atoms with Crippen molar-refractivity contribution in [3.05, 3.63) is 0 Å². The van der Waals surface area contributed by atoms with Crippen molar-refractivity contribution in [1.82, 2.24) is 21.3 Å². The van der Waals surface area contributed by atoms with E-state index in [4.69, 9.17) is 5.11 Å². The summed E-state index contributed by atoms with van der Waals surface area (Å²) >= 11 is 0. The van der Waals surface area contributed by atoms with Crippen molar-refractivity contribution < 1.29 is 39.6 Å². The van der Waals surface area contributed by atoms with Crippen molar-refractivity contribution in [3.63, 3.8) is 0 Å². The van der Waals surface area contributed by atoms with Crippen LogP contribution in [0.5, 0.6) is 0 Å². The summed E-state index contributed by atoms with van der Waals surface area (Å²) in [5.41, 5.74) is 0. The van der Waals surface area contributed by atoms with E-state index in [1.165, 1.54) is 0 Å². The van der Waals surface area contributed by atoms with Crippen molar-refractivity contribution in [2.45, 2.75) is 65.3 Å². The minimum Gasteiger partial charge on any atom is -0.400 e. The molecule has 0 fully saturated rings. The second kappa shape index (κ2) is 22.4. The first kappa shape index (κ1) is 33.4. The highest BCUT2D eigenvalue weighted by atomic mass is 16.3. The first-order chi connectivity index (χ1) is 14.7. The Hall–Kier alpha value is -2.28. The summed E-state index contributed by atoms with van der Waals surface area (Å²) in [7, 11) is 1.00. The lowest BCUT2D eigenvalue weighted by Gasteiger charge is -2.20. The van der Waals surface area contributed by atoms with Crippen LogP contribution in [0, 0.1) is 0 Å². The van der Waals surface area contributed by atoms with Gasteiger partial charge in [-0.2, -0.15) is 0 Å². The third kappa shape index (κ3) is 18.2. The zero-order chi connectivity index (χ0) is 24.8. The third-order valence-corrected chi connectivity index (χ3v) is 3.54. The Bertz CT molecular complexity index is 505. The maximum Gasteiger partial charge on any atom is 0.251 e. The Labute approximate surface area is 183 Å². The fourth-order valence-electron chi connectivity index (χ4n) is 1.89. The summed E-state index contributed by atoms with van der Waals surface area (Å²) in [6.45, 7) is 7.86. The van der Waals surface area contributed by atoms with E-state index in [0.29, 0.717) is 12.8 Å². The largest absolute Gasteiger partial charge is 0.400 e. The van der Waals surface area contributed by atoms with Crippen molar-refractivity contribution in [3.8, 4) is 0 Å². The fourth-order valence-corrected chi connectivity index (χ4v) is 1.89. The lowest BCUT2D eigenvalue weighted by Crippen LogP contribution is -2.47. The summed E-state index contributed by atoms with van der Waals surface area (Å²) in [6, 6.07) is 0. The predicted molar refractivity (Wildman–Crippen MR) is 115 cm³/mol. The number of hydrogen-bond donors (Lipinski definition) is 8. The molecular weight excluding hydrogens is 412 g/mol. The van der Waals surface area contributed by atoms with Gasteiger partial charge in [0.15, 0.2) is 6.10 Å². The van der Waals surface area contributed by atoms with Crippen molar-refractivity contribution >= 4 is 23.6 Å². The number of carbonyl (C=O) groups excluding carboxylic acids is 4. The lowest BCUT2D eigenvalue weighted by atomic mass is 10.1. The number of aliphatic hydroxyl groups excluding tert-OH is 4. The molecule has 0 aliphatic heterocycles. The highest BCUT2D eigenvalue weighted by Gasteiger charge is 2.28. The van der Waals surface area contributed by atoms with Gasteiger partial charge < -0.3 is 41.7 Å². The van der Waals surface area contributed by atoms with Crippen molar-refractivity contribution in [2.24, 2.45) is 0 Å². The normalized spacial score (nSPS) is 12.4. The first-order valence-corrected chi connectivity index (χ1v) is 10.3. The molecule has 12 heteroatoms. The maximum absolute atomic E-state index is 11.7. The average Bonchev–Trinajstić information content (AvgIpc) is 2.80. The summed E-state index contributed by atoms with van der Waals surface area (Å²) in [5, 5.41) is 46.0. The van der Waals surface area contributed by atoms with Crippen LogP contribution in [-0.2, 0) is 19.2 Å². The van der Waals surface area contributed by atoms with Gasteiger partial charge in [0.1, 0.15) is 6.10 Å². The Morgan fingerprint density at radius 2 is 1.03 bits per heavy atom. The summed E-state index contributed by atoms with van der Waals surface area (Å²) in [5.74, 6) is -2.05. The SMILES string of the molecule is CC.CCC(=O)NCCNC(=O)C(O)CC(O)C(O)C(=O)NCCNC(=O)CC.CO. The van der Waals surface area contributed by atoms with E-state index in [-0.39, 0.29) is 38.0 Å². The van der Waals surface area contributed by atoms with Crippen LogP contribution in [0.2, 0.25) is 0 Å². The molecule has 0 aromatic heterocycles. The van der Waals surface area contributed by atoms with E-state index in [1.54, 1.807) is 13.8 Å². The van der Waals surface area contributed by atoms with E-state index in [2.05, 4.69) is 21.3 Å². The molecule has 0 saturated heterocycles. The fraction of sp³-hybridized carbons (Fsp3) is 0.789. The van der Waals surface area contributed by atoms with Crippen molar-refractivity contribution in [2.75, 3.05) is 33.3 Å². The van der Waals surface area contributed by atoms with Crippen LogP contribution in [0.15, 0.2) is 0 Å². The van der Waals surface area contributed by atoms with Gasteiger partial charge >= 0.3 is 0 Å². The zero-order valence-corrected chi connectivity index (χ0v) is 19.1. The molecule has 31 heavy (non-hydrogen) atoms. The van der Waals surface area contributed by atoms with Crippen LogP contribution < -0.4 is 21.3 Å². The minimum atomic E-state index is -1.84. The van der Waals surface area contributed by atoms with Gasteiger partial charge in [0, 0.05) is 52.6 Å². The number of hydrogen-bond acceptors (Lipinski definition) is 8. The number of rotatable bonds is 13. The quantitative estimate of drug-likeness (QED) is 0.139. The highest BCUT2D eigenvalue weighted by Crippen LogP contribution is 2.04. The molecule has 0 bridgehead atoms. The Kier molecular flexibility index (Phi) is 24.1. The van der Waals surface area contributed by atoms with Crippen LogP contribution in [0.1, 0.15) is 47.0 Å². The average molecular weight is 453 g/mol. The van der Waals surface area contributed by atoms with Crippen LogP contribution in [0.4, 0.5) is 0 Å². The molecule has 3 unspecified atom stereocenters. The zero-order valence-electron chi connectivity index (χ0n) is 19.1. The molecule has 8 N–H and O–H groups in total. The topological polar surface area (TPSA) is 197 Å². The van der Waals surface area contributed by atoms with Crippen LogP contribution in [-0.4, -0.2) is 95.7 Å². The predicted octanol–water partition coefficient (Wildman–Crippen LogP) is -2.62. The summed E-state index contributed by atoms with van der Waals surface area (Å²) in [6.07, 6.45) is -5.05. The highest BCUT2D eigenvalue weighted by molar-refractivity contribution is 5.82. The van der Waals surface area contributed by atoms with E-state index < -0.39 is 36.5 Å². The van der Waals surface area contributed by atoms with Gasteiger partial charge in [-0.25, -0.2) is 0 Å². The summed E-state index contributed by atoms with van der Waals surface area (Å²) < 4.78 is 0. The number of nitrogens with one attached hydrogen (secondary N) is 4. The van der Waals surface area contributed by atoms with E-state index in [0.717, 1.165) is 7.11 Å². The molecule has 0 heterocycles. The minimum absolute atomic E-state index is 0.0564. The molecule has 0 aliphatic rings. The lowest BCUT2D eigenvalue weighted by molar-refractivity contribution is -0.140. The van der Waals surface area contributed by atoms with Gasteiger partial charge in [0.05, 0.1) is 6.10 Å². The number of carbonyl (C=O) groups is 4.